The van der Waals surface area contributed by atoms with Crippen LogP contribution in [-0.4, -0.2) is 52.1 Å². The van der Waals surface area contributed by atoms with Crippen molar-refractivity contribution in [2.24, 2.45) is 0 Å². The van der Waals surface area contributed by atoms with Gasteiger partial charge in [0.2, 0.25) is 0 Å². The summed E-state index contributed by atoms with van der Waals surface area (Å²) in [5.41, 5.74) is -0.562. The minimum absolute atomic E-state index is 0.00375. The minimum Gasteiger partial charge on any atom is -0.371 e. The summed E-state index contributed by atoms with van der Waals surface area (Å²) in [6.07, 6.45) is 0.108. The van der Waals surface area contributed by atoms with Gasteiger partial charge in [0, 0.05) is 0 Å². The summed E-state index contributed by atoms with van der Waals surface area (Å²) < 4.78 is 19.6. The average Bonchev–Trinajstić information content (AvgIpc) is 3.26. The van der Waals surface area contributed by atoms with E-state index in [4.69, 9.17) is 14.2 Å². The van der Waals surface area contributed by atoms with Crippen LogP contribution in [0.3, 0.4) is 0 Å². The molecule has 3 aliphatic heterocycles. The SMILES string of the molecule is O=c1n(CC2CO2)c(=O)n(CC2CO2)n1CC1CO1. The molecule has 104 valence electrons. The van der Waals surface area contributed by atoms with Gasteiger partial charge in [-0.15, -0.1) is 0 Å². The highest BCUT2D eigenvalue weighted by atomic mass is 16.6. The molecule has 3 fully saturated rings. The first-order valence-corrected chi connectivity index (χ1v) is 6.47. The Bertz CT molecular complexity index is 557. The highest BCUT2D eigenvalue weighted by Gasteiger charge is 2.32. The molecule has 0 bridgehead atoms. The second-order valence-corrected chi connectivity index (χ2v) is 5.21. The summed E-state index contributed by atoms with van der Waals surface area (Å²) >= 11 is 0. The fourth-order valence-electron chi connectivity index (χ4n) is 2.19. The summed E-state index contributed by atoms with van der Waals surface area (Å²) in [4.78, 5) is 24.6. The van der Waals surface area contributed by atoms with Crippen LogP contribution in [0.1, 0.15) is 0 Å². The zero-order valence-electron chi connectivity index (χ0n) is 10.4. The molecule has 8 heteroatoms. The van der Waals surface area contributed by atoms with Gasteiger partial charge in [-0.3, -0.25) is 0 Å². The first kappa shape index (κ1) is 11.4. The molecule has 0 amide bonds. The van der Waals surface area contributed by atoms with E-state index in [0.717, 1.165) is 0 Å². The maximum absolute atomic E-state index is 12.3. The van der Waals surface area contributed by atoms with E-state index < -0.39 is 0 Å². The van der Waals surface area contributed by atoms with E-state index in [1.54, 1.807) is 0 Å². The van der Waals surface area contributed by atoms with Crippen LogP contribution in [0.2, 0.25) is 0 Å². The van der Waals surface area contributed by atoms with Gasteiger partial charge in [0.05, 0.1) is 45.6 Å². The van der Waals surface area contributed by atoms with Gasteiger partial charge in [0.25, 0.3) is 0 Å². The van der Waals surface area contributed by atoms with E-state index in [-0.39, 0.29) is 29.7 Å². The number of hydrogen-bond acceptors (Lipinski definition) is 5. The number of epoxide rings is 3. The van der Waals surface area contributed by atoms with Crippen molar-refractivity contribution in [2.75, 3.05) is 19.8 Å². The van der Waals surface area contributed by atoms with Crippen LogP contribution in [0.4, 0.5) is 0 Å². The Balaban J connectivity index is 1.70. The molecule has 4 heterocycles. The van der Waals surface area contributed by atoms with E-state index in [1.807, 2.05) is 0 Å². The lowest BCUT2D eigenvalue weighted by Crippen LogP contribution is -2.31. The van der Waals surface area contributed by atoms with Crippen molar-refractivity contribution < 1.29 is 14.2 Å². The summed E-state index contributed by atoms with van der Waals surface area (Å²) in [7, 11) is 0. The lowest BCUT2D eigenvalue weighted by Gasteiger charge is -2.05. The fourth-order valence-corrected chi connectivity index (χ4v) is 2.19. The molecule has 0 spiro atoms. The third kappa shape index (κ3) is 2.26. The van der Waals surface area contributed by atoms with Crippen molar-refractivity contribution in [3.8, 4) is 0 Å². The number of aromatic nitrogens is 3. The first-order chi connectivity index (χ1) is 9.22. The molecule has 0 saturated carbocycles. The third-order valence-electron chi connectivity index (χ3n) is 3.54. The predicted octanol–water partition coefficient (Wildman–Crippen LogP) is -1.99. The van der Waals surface area contributed by atoms with Crippen LogP contribution < -0.4 is 11.4 Å². The molecule has 0 radical (unpaired) electrons. The molecule has 0 aliphatic carbocycles. The smallest absolute Gasteiger partial charge is 0.347 e. The molecule has 3 saturated heterocycles. The minimum atomic E-state index is -0.281. The van der Waals surface area contributed by atoms with Crippen LogP contribution in [0.15, 0.2) is 9.59 Å². The Hall–Kier alpha value is -1.38. The summed E-state index contributed by atoms with van der Waals surface area (Å²) in [6.45, 7) is 3.11. The van der Waals surface area contributed by atoms with Gasteiger partial charge in [-0.2, -0.15) is 0 Å². The van der Waals surface area contributed by atoms with Crippen LogP contribution in [0, 0.1) is 0 Å². The van der Waals surface area contributed by atoms with Gasteiger partial charge in [0.15, 0.2) is 0 Å². The molecule has 1 aromatic rings. The molecule has 0 aromatic carbocycles. The highest BCUT2D eigenvalue weighted by molar-refractivity contribution is 4.84. The maximum Gasteiger partial charge on any atom is 0.347 e. The topological polar surface area (TPSA) is 86.5 Å². The Morgan fingerprint density at radius 1 is 0.789 bits per heavy atom. The summed E-state index contributed by atoms with van der Waals surface area (Å²) in [5, 5.41) is 0. The van der Waals surface area contributed by atoms with Crippen LogP contribution in [0.25, 0.3) is 0 Å². The lowest BCUT2D eigenvalue weighted by atomic mass is 10.5. The lowest BCUT2D eigenvalue weighted by molar-refractivity contribution is 0.314. The van der Waals surface area contributed by atoms with Crippen molar-refractivity contribution in [3.05, 3.63) is 21.0 Å². The molecule has 19 heavy (non-hydrogen) atoms. The molecular formula is C11H15N3O5. The third-order valence-corrected chi connectivity index (χ3v) is 3.54. The monoisotopic (exact) mass is 269 g/mol. The molecule has 3 unspecified atom stereocenters. The first-order valence-electron chi connectivity index (χ1n) is 6.47. The van der Waals surface area contributed by atoms with E-state index in [1.165, 1.54) is 13.9 Å². The van der Waals surface area contributed by atoms with Crippen molar-refractivity contribution in [1.29, 1.82) is 0 Å². The number of hydrogen-bond donors (Lipinski definition) is 0. The van der Waals surface area contributed by atoms with Gasteiger partial charge >= 0.3 is 11.4 Å². The molecule has 0 N–H and O–H groups in total. The van der Waals surface area contributed by atoms with Gasteiger partial charge < -0.3 is 14.2 Å². The zero-order chi connectivity index (χ0) is 13.0. The van der Waals surface area contributed by atoms with Crippen LogP contribution >= 0.6 is 0 Å². The van der Waals surface area contributed by atoms with Gasteiger partial charge in [-0.25, -0.2) is 23.5 Å². The number of ether oxygens (including phenoxy) is 3. The maximum atomic E-state index is 12.3. The van der Waals surface area contributed by atoms with Crippen molar-refractivity contribution in [1.82, 2.24) is 13.9 Å². The molecular weight excluding hydrogens is 254 g/mol. The standard InChI is InChI=1S/C11H15N3O5/c15-10-12(1-7-4-17-7)11(16)14(3-9-6-19-9)13(10)2-8-5-18-8/h7-9H,1-6H2. The summed E-state index contributed by atoms with van der Waals surface area (Å²) in [6, 6.07) is 0. The van der Waals surface area contributed by atoms with E-state index in [0.29, 0.717) is 39.5 Å². The molecule has 1 aromatic heterocycles. The van der Waals surface area contributed by atoms with Crippen molar-refractivity contribution in [3.63, 3.8) is 0 Å². The zero-order valence-corrected chi connectivity index (χ0v) is 10.4. The molecule has 3 atom stereocenters. The largest absolute Gasteiger partial charge is 0.371 e. The number of rotatable bonds is 6. The summed E-state index contributed by atoms with van der Waals surface area (Å²) in [5.74, 6) is 0. The van der Waals surface area contributed by atoms with Crippen molar-refractivity contribution >= 4 is 0 Å². The van der Waals surface area contributed by atoms with Crippen LogP contribution in [-0.2, 0) is 33.8 Å². The van der Waals surface area contributed by atoms with E-state index in [2.05, 4.69) is 0 Å². The van der Waals surface area contributed by atoms with Gasteiger partial charge in [0.1, 0.15) is 12.2 Å². The second kappa shape index (κ2) is 4.06. The normalized spacial score (nSPS) is 31.5. The molecule has 8 nitrogen and oxygen atoms in total. The Morgan fingerprint density at radius 3 is 1.53 bits per heavy atom. The Labute approximate surface area is 108 Å². The van der Waals surface area contributed by atoms with Gasteiger partial charge in [-0.1, -0.05) is 0 Å². The average molecular weight is 269 g/mol. The van der Waals surface area contributed by atoms with Crippen molar-refractivity contribution in [2.45, 2.75) is 37.9 Å². The van der Waals surface area contributed by atoms with Crippen LogP contribution in [0.5, 0.6) is 0 Å². The predicted molar refractivity (Wildman–Crippen MR) is 62.2 cm³/mol. The number of nitrogens with zero attached hydrogens (tertiary/aromatic N) is 3. The van der Waals surface area contributed by atoms with E-state index in [9.17, 15) is 9.59 Å². The molecule has 3 aliphatic rings. The van der Waals surface area contributed by atoms with Gasteiger partial charge in [-0.05, 0) is 0 Å². The Morgan fingerprint density at radius 2 is 1.16 bits per heavy atom. The van der Waals surface area contributed by atoms with E-state index >= 15 is 0 Å². The second-order valence-electron chi connectivity index (χ2n) is 5.21. The highest BCUT2D eigenvalue weighted by Crippen LogP contribution is 2.14. The Kier molecular flexibility index (Phi) is 2.44. The molecule has 4 rings (SSSR count). The fraction of sp³-hybridized carbons (Fsp3) is 0.818. The quantitative estimate of drug-likeness (QED) is 0.558.